The Morgan fingerprint density at radius 2 is 2.00 bits per heavy atom. The van der Waals surface area contributed by atoms with Crippen molar-refractivity contribution in [3.63, 3.8) is 0 Å². The summed E-state index contributed by atoms with van der Waals surface area (Å²) >= 11 is 0. The minimum atomic E-state index is -0.0379. The van der Waals surface area contributed by atoms with Gasteiger partial charge in [-0.25, -0.2) is 0 Å². The number of pyridine rings is 1. The molecule has 0 saturated carbocycles. The molecule has 17 heavy (non-hydrogen) atoms. The number of hydrogen-bond donors (Lipinski definition) is 0. The molecule has 0 aliphatic heterocycles. The van der Waals surface area contributed by atoms with Gasteiger partial charge in [-0.2, -0.15) is 0 Å². The lowest BCUT2D eigenvalue weighted by Crippen LogP contribution is -1.98. The van der Waals surface area contributed by atoms with E-state index in [-0.39, 0.29) is 5.43 Å². The first-order valence-electron chi connectivity index (χ1n) is 5.27. The third-order valence-corrected chi connectivity index (χ3v) is 2.62. The van der Waals surface area contributed by atoms with Crippen molar-refractivity contribution in [2.45, 2.75) is 0 Å². The van der Waals surface area contributed by atoms with Gasteiger partial charge in [0.1, 0.15) is 5.58 Å². The second kappa shape index (κ2) is 3.87. The SMILES string of the molecule is O=c1ccoc2ccc(-c3ccccn3)cc12. The lowest BCUT2D eigenvalue weighted by molar-refractivity contribution is 0.602. The highest BCUT2D eigenvalue weighted by atomic mass is 16.3. The molecular formula is C14H9NO2. The molecule has 3 rings (SSSR count). The Hall–Kier alpha value is -2.42. The number of fused-ring (bicyclic) bond motifs is 1. The first-order valence-corrected chi connectivity index (χ1v) is 5.27. The maximum Gasteiger partial charge on any atom is 0.192 e. The van der Waals surface area contributed by atoms with Crippen molar-refractivity contribution >= 4 is 11.0 Å². The molecule has 0 unspecified atom stereocenters. The summed E-state index contributed by atoms with van der Waals surface area (Å²) in [5.74, 6) is 0. The average molecular weight is 223 g/mol. The molecule has 0 spiro atoms. The Bertz CT molecular complexity index is 717. The van der Waals surface area contributed by atoms with Crippen LogP contribution < -0.4 is 5.43 Å². The molecule has 0 amide bonds. The summed E-state index contributed by atoms with van der Waals surface area (Å²) in [6, 6.07) is 12.6. The average Bonchev–Trinajstić information content (AvgIpc) is 2.40. The van der Waals surface area contributed by atoms with Gasteiger partial charge >= 0.3 is 0 Å². The van der Waals surface area contributed by atoms with Gasteiger partial charge in [-0.3, -0.25) is 9.78 Å². The number of rotatable bonds is 1. The van der Waals surface area contributed by atoms with E-state index in [9.17, 15) is 4.79 Å². The fraction of sp³-hybridized carbons (Fsp3) is 0. The van der Waals surface area contributed by atoms with Gasteiger partial charge < -0.3 is 4.42 Å². The van der Waals surface area contributed by atoms with Gasteiger partial charge in [0.25, 0.3) is 0 Å². The van der Waals surface area contributed by atoms with Gasteiger partial charge in [0.15, 0.2) is 5.43 Å². The van der Waals surface area contributed by atoms with Gasteiger partial charge in [0.05, 0.1) is 17.3 Å². The monoisotopic (exact) mass is 223 g/mol. The van der Waals surface area contributed by atoms with Crippen LogP contribution in [0.2, 0.25) is 0 Å². The zero-order valence-corrected chi connectivity index (χ0v) is 8.96. The quantitative estimate of drug-likeness (QED) is 0.637. The van der Waals surface area contributed by atoms with Crippen LogP contribution in [0.15, 0.2) is 64.1 Å². The molecule has 0 radical (unpaired) electrons. The molecule has 0 atom stereocenters. The molecule has 0 aliphatic carbocycles. The summed E-state index contributed by atoms with van der Waals surface area (Å²) in [4.78, 5) is 15.9. The summed E-state index contributed by atoms with van der Waals surface area (Å²) in [6.07, 6.45) is 3.14. The van der Waals surface area contributed by atoms with Gasteiger partial charge in [-0.05, 0) is 30.3 Å². The highest BCUT2D eigenvalue weighted by Crippen LogP contribution is 2.20. The molecule has 82 valence electrons. The Labute approximate surface area is 97.4 Å². The van der Waals surface area contributed by atoms with Crippen LogP contribution in [0.3, 0.4) is 0 Å². The van der Waals surface area contributed by atoms with Crippen LogP contribution >= 0.6 is 0 Å². The standard InChI is InChI=1S/C14H9NO2/c16-13-6-8-17-14-5-4-10(9-11(13)14)12-3-1-2-7-15-12/h1-9H. The Balaban J connectivity index is 2.27. The number of nitrogens with zero attached hydrogens (tertiary/aromatic N) is 1. The van der Waals surface area contributed by atoms with E-state index in [4.69, 9.17) is 4.42 Å². The first kappa shape index (κ1) is 9.78. The maximum absolute atomic E-state index is 11.7. The lowest BCUT2D eigenvalue weighted by Gasteiger charge is -2.01. The maximum atomic E-state index is 11.7. The van der Waals surface area contributed by atoms with Crippen LogP contribution in [0, 0.1) is 0 Å². The molecular weight excluding hydrogens is 214 g/mol. The van der Waals surface area contributed by atoms with Crippen molar-refractivity contribution in [1.82, 2.24) is 4.98 Å². The van der Waals surface area contributed by atoms with Crippen molar-refractivity contribution in [2.24, 2.45) is 0 Å². The van der Waals surface area contributed by atoms with Crippen LogP contribution in [0.1, 0.15) is 0 Å². The van der Waals surface area contributed by atoms with E-state index in [1.165, 1.54) is 12.3 Å². The van der Waals surface area contributed by atoms with Crippen LogP contribution in [-0.4, -0.2) is 4.98 Å². The van der Waals surface area contributed by atoms with Crippen molar-refractivity contribution < 1.29 is 4.42 Å². The Kier molecular flexibility index (Phi) is 2.22. The van der Waals surface area contributed by atoms with E-state index in [1.807, 2.05) is 30.3 Å². The van der Waals surface area contributed by atoms with Crippen molar-refractivity contribution in [3.8, 4) is 11.3 Å². The molecule has 3 heteroatoms. The summed E-state index contributed by atoms with van der Waals surface area (Å²) in [7, 11) is 0. The molecule has 0 bridgehead atoms. The van der Waals surface area contributed by atoms with Crippen LogP contribution in [-0.2, 0) is 0 Å². The van der Waals surface area contributed by atoms with E-state index in [0.717, 1.165) is 11.3 Å². The molecule has 0 fully saturated rings. The third-order valence-electron chi connectivity index (χ3n) is 2.62. The van der Waals surface area contributed by atoms with Crippen molar-refractivity contribution in [1.29, 1.82) is 0 Å². The molecule has 0 saturated heterocycles. The summed E-state index contributed by atoms with van der Waals surface area (Å²) in [5.41, 5.74) is 2.32. The van der Waals surface area contributed by atoms with E-state index < -0.39 is 0 Å². The third kappa shape index (κ3) is 1.72. The number of hydrogen-bond acceptors (Lipinski definition) is 3. The lowest BCUT2D eigenvalue weighted by atomic mass is 10.1. The topological polar surface area (TPSA) is 43.1 Å². The number of benzene rings is 1. The zero-order chi connectivity index (χ0) is 11.7. The van der Waals surface area contributed by atoms with E-state index in [0.29, 0.717) is 11.0 Å². The van der Waals surface area contributed by atoms with Gasteiger partial charge in [0, 0.05) is 17.8 Å². The predicted molar refractivity (Wildman–Crippen MR) is 65.7 cm³/mol. The molecule has 0 N–H and O–H groups in total. The first-order chi connectivity index (χ1) is 8.34. The van der Waals surface area contributed by atoms with E-state index in [2.05, 4.69) is 4.98 Å². The van der Waals surface area contributed by atoms with Crippen LogP contribution in [0.5, 0.6) is 0 Å². The Morgan fingerprint density at radius 3 is 2.82 bits per heavy atom. The van der Waals surface area contributed by atoms with Crippen molar-refractivity contribution in [2.75, 3.05) is 0 Å². The van der Waals surface area contributed by atoms with Gasteiger partial charge in [0.2, 0.25) is 0 Å². The van der Waals surface area contributed by atoms with Crippen LogP contribution in [0.25, 0.3) is 22.2 Å². The normalized spacial score (nSPS) is 10.6. The van der Waals surface area contributed by atoms with Crippen molar-refractivity contribution in [3.05, 3.63) is 65.1 Å². The fourth-order valence-electron chi connectivity index (χ4n) is 1.78. The second-order valence-corrected chi connectivity index (χ2v) is 3.71. The smallest absolute Gasteiger partial charge is 0.192 e. The van der Waals surface area contributed by atoms with Crippen LogP contribution in [0.4, 0.5) is 0 Å². The molecule has 2 heterocycles. The minimum Gasteiger partial charge on any atom is -0.464 e. The van der Waals surface area contributed by atoms with E-state index >= 15 is 0 Å². The zero-order valence-electron chi connectivity index (χ0n) is 8.96. The highest BCUT2D eigenvalue weighted by molar-refractivity contribution is 5.81. The predicted octanol–water partition coefficient (Wildman–Crippen LogP) is 2.86. The molecule has 0 aliphatic rings. The number of aromatic nitrogens is 1. The minimum absolute atomic E-state index is 0.0379. The fourth-order valence-corrected chi connectivity index (χ4v) is 1.78. The molecule has 2 aromatic heterocycles. The van der Waals surface area contributed by atoms with Gasteiger partial charge in [-0.1, -0.05) is 6.07 Å². The van der Waals surface area contributed by atoms with E-state index in [1.54, 1.807) is 12.3 Å². The largest absolute Gasteiger partial charge is 0.464 e. The second-order valence-electron chi connectivity index (χ2n) is 3.71. The molecule has 3 nitrogen and oxygen atoms in total. The highest BCUT2D eigenvalue weighted by Gasteiger charge is 2.03. The Morgan fingerprint density at radius 1 is 1.06 bits per heavy atom. The summed E-state index contributed by atoms with van der Waals surface area (Å²) < 4.78 is 5.26. The molecule has 1 aromatic carbocycles. The summed E-state index contributed by atoms with van der Waals surface area (Å²) in [5, 5.41) is 0.579. The van der Waals surface area contributed by atoms with Gasteiger partial charge in [-0.15, -0.1) is 0 Å². The molecule has 3 aromatic rings. The summed E-state index contributed by atoms with van der Waals surface area (Å²) in [6.45, 7) is 0.